The number of aryl methyl sites for hydroxylation is 1. The van der Waals surface area contributed by atoms with Crippen LogP contribution in [-0.4, -0.2) is 183 Å². The van der Waals surface area contributed by atoms with E-state index in [2.05, 4.69) is 91.5 Å². The Morgan fingerprint density at radius 1 is 0.848 bits per heavy atom. The van der Waals surface area contributed by atoms with Crippen LogP contribution in [0.2, 0.25) is 0 Å². The number of aliphatic hydroxyl groups is 1. The Hall–Kier alpha value is -6.91. The smallest absolute Gasteiger partial charge is 0.254 e. The van der Waals surface area contributed by atoms with Gasteiger partial charge < -0.3 is 54.9 Å². The molecule has 11 rings (SSSR count). The summed E-state index contributed by atoms with van der Waals surface area (Å²) in [5.74, 6) is 0.351. The summed E-state index contributed by atoms with van der Waals surface area (Å²) >= 11 is 1.61. The zero-order valence-corrected chi connectivity index (χ0v) is 46.2. The molecule has 5 aliphatic heterocycles. The predicted molar refractivity (Wildman–Crippen MR) is 302 cm³/mol. The van der Waals surface area contributed by atoms with Crippen LogP contribution in [0, 0.1) is 12.8 Å². The van der Waals surface area contributed by atoms with Gasteiger partial charge >= 0.3 is 0 Å². The van der Waals surface area contributed by atoms with Crippen LogP contribution in [0.4, 0.5) is 17.2 Å². The lowest BCUT2D eigenvalue weighted by atomic mass is 9.91. The van der Waals surface area contributed by atoms with Crippen molar-refractivity contribution in [3.63, 3.8) is 0 Å². The van der Waals surface area contributed by atoms with Gasteiger partial charge in [0, 0.05) is 114 Å². The van der Waals surface area contributed by atoms with Crippen molar-refractivity contribution in [1.29, 1.82) is 0 Å². The van der Waals surface area contributed by atoms with E-state index in [1.807, 2.05) is 50.7 Å². The third kappa shape index (κ3) is 12.3. The molecule has 0 aliphatic carbocycles. The fraction of sp³-hybridized carbons (Fsp3) is 0.500. The summed E-state index contributed by atoms with van der Waals surface area (Å²) in [5, 5.41) is 37.5. The molecule has 9 heterocycles. The first kappa shape index (κ1) is 54.1. The number of ether oxygens (including phenoxy) is 2. The average molecular weight is 1100 g/mol. The summed E-state index contributed by atoms with van der Waals surface area (Å²) in [6, 6.07) is 22.6. The molecule has 5 saturated heterocycles. The van der Waals surface area contributed by atoms with E-state index >= 15 is 0 Å². The van der Waals surface area contributed by atoms with Gasteiger partial charge in [-0.1, -0.05) is 50.2 Å². The first-order valence-electron chi connectivity index (χ1n) is 28.0. The highest BCUT2D eigenvalue weighted by molar-refractivity contribution is 7.13. The highest BCUT2D eigenvalue weighted by Gasteiger charge is 2.45. The number of pyridine rings is 1. The number of aliphatic hydroxyl groups excluding tert-OH is 1. The van der Waals surface area contributed by atoms with Gasteiger partial charge in [-0.3, -0.25) is 19.4 Å². The van der Waals surface area contributed by atoms with Gasteiger partial charge in [0.15, 0.2) is 11.6 Å². The Morgan fingerprint density at radius 2 is 1.56 bits per heavy atom. The number of rotatable bonds is 20. The molecular weight excluding hydrogens is 1020 g/mol. The Labute approximate surface area is 465 Å². The van der Waals surface area contributed by atoms with Crippen LogP contribution >= 0.6 is 11.3 Å². The fourth-order valence-corrected chi connectivity index (χ4v) is 13.1. The maximum absolute atomic E-state index is 14.5. The summed E-state index contributed by atoms with van der Waals surface area (Å²) in [7, 11) is 0. The number of phenolic OH excluding ortho intramolecular Hbond substituents is 1. The third-order valence-electron chi connectivity index (χ3n) is 16.5. The molecule has 2 aromatic carbocycles. The van der Waals surface area contributed by atoms with Crippen molar-refractivity contribution in [3.8, 4) is 39.2 Å². The van der Waals surface area contributed by atoms with Crippen LogP contribution in [0.3, 0.4) is 0 Å². The van der Waals surface area contributed by atoms with E-state index in [9.17, 15) is 19.8 Å². The molecule has 5 N–H and O–H groups in total. The lowest BCUT2D eigenvalue weighted by molar-refractivity contribution is -0.141. The molecule has 20 nitrogen and oxygen atoms in total. The number of nitrogens with two attached hydrogens (primary N) is 1. The van der Waals surface area contributed by atoms with Crippen molar-refractivity contribution in [2.24, 2.45) is 5.92 Å². The number of β-amino-alcohol motifs (C(OH)–C–C–N with tert-alkyl or cyclic N) is 1. The number of aromatic nitrogens is 5. The van der Waals surface area contributed by atoms with Gasteiger partial charge in [0.1, 0.15) is 30.9 Å². The number of aromatic hydroxyl groups is 1. The highest BCUT2D eigenvalue weighted by atomic mass is 32.1. The van der Waals surface area contributed by atoms with Gasteiger partial charge in [-0.2, -0.15) is 0 Å². The minimum atomic E-state index is -0.841. The number of carbonyl (C=O) groups excluding carboxylic acids is 2. The number of hydrogen-bond acceptors (Lipinski definition) is 19. The maximum Gasteiger partial charge on any atom is 0.254 e. The zero-order chi connectivity index (χ0) is 54.6. The van der Waals surface area contributed by atoms with Gasteiger partial charge in [-0.05, 0) is 92.2 Å². The molecule has 5 aliphatic rings. The molecule has 0 saturated carbocycles. The number of phenols is 1. The number of hydrogen-bond donors (Lipinski definition) is 4. The number of likely N-dealkylation sites (tertiary alicyclic amines) is 2. The van der Waals surface area contributed by atoms with Crippen molar-refractivity contribution in [2.75, 3.05) is 107 Å². The van der Waals surface area contributed by atoms with E-state index in [0.717, 1.165) is 118 Å². The second-order valence-electron chi connectivity index (χ2n) is 22.1. The number of nitrogen functional groups attached to an aromatic ring is 1. The number of nitrogens with one attached hydrogen (secondary N) is 1. The molecule has 2 amide bonds. The first-order chi connectivity index (χ1) is 38.4. The van der Waals surface area contributed by atoms with Crippen LogP contribution in [-0.2, 0) is 9.59 Å². The molecule has 2 bridgehead atoms. The molecule has 6 atom stereocenters. The quantitative estimate of drug-likeness (QED) is 0.0705. The normalized spacial score (nSPS) is 21.7. The Balaban J connectivity index is 0.629. The Morgan fingerprint density at radius 3 is 2.24 bits per heavy atom. The summed E-state index contributed by atoms with van der Waals surface area (Å²) in [4.78, 5) is 52.4. The molecular formula is C58H73N13O7S. The number of thiazole rings is 1. The highest BCUT2D eigenvalue weighted by Crippen LogP contribution is 2.40. The molecule has 0 spiro atoms. The van der Waals surface area contributed by atoms with Gasteiger partial charge in [-0.15, -0.1) is 21.5 Å². The monoisotopic (exact) mass is 1100 g/mol. The second-order valence-corrected chi connectivity index (χ2v) is 22.9. The number of amides is 2. The third-order valence-corrected chi connectivity index (χ3v) is 17.5. The van der Waals surface area contributed by atoms with Gasteiger partial charge in [0.05, 0.1) is 39.6 Å². The number of fused-ring (bicyclic) bond motifs is 2. The van der Waals surface area contributed by atoms with E-state index in [1.54, 1.807) is 29.5 Å². The summed E-state index contributed by atoms with van der Waals surface area (Å²) < 4.78 is 18.2. The van der Waals surface area contributed by atoms with Crippen LogP contribution in [0.15, 0.2) is 89.0 Å². The summed E-state index contributed by atoms with van der Waals surface area (Å²) in [5.41, 5.74) is 14.5. The minimum Gasteiger partial charge on any atom is -0.507 e. The SMILES string of the molecule is Cc1ncsc1-c1ccc([C@H](CN2CCCC2)NC(=O)[C@@H]2C[C@@H](O)CN2C(=O)[C@@H](c2cc(OCCN3CCN(CCOc4cc(N5C6CCC5CN(c5cc(-c7ccccc7O)nnc5N)C6)ccn4)CC3)no2)C(C)C)cc1. The van der Waals surface area contributed by atoms with Crippen LogP contribution in [0.25, 0.3) is 21.7 Å². The lowest BCUT2D eigenvalue weighted by Gasteiger charge is -2.43. The van der Waals surface area contributed by atoms with Crippen molar-refractivity contribution < 1.29 is 33.8 Å². The number of nitrogens with zero attached hydrogens (tertiary/aromatic N) is 11. The van der Waals surface area contributed by atoms with Crippen molar-refractivity contribution in [3.05, 3.63) is 102 Å². The molecule has 21 heteroatoms. The largest absolute Gasteiger partial charge is 0.507 e. The van der Waals surface area contributed by atoms with E-state index in [0.29, 0.717) is 60.9 Å². The van der Waals surface area contributed by atoms with E-state index in [1.165, 1.54) is 4.90 Å². The van der Waals surface area contributed by atoms with Crippen molar-refractivity contribution in [1.82, 2.24) is 50.2 Å². The predicted octanol–water partition coefficient (Wildman–Crippen LogP) is 5.83. The number of piperazine rings is 2. The number of benzene rings is 2. The number of para-hydroxylation sites is 1. The minimum absolute atomic E-state index is 0.0543. The lowest BCUT2D eigenvalue weighted by Crippen LogP contribution is -2.54. The number of carbonyl (C=O) groups is 2. The Kier molecular flexibility index (Phi) is 16.6. The van der Waals surface area contributed by atoms with Crippen LogP contribution < -0.4 is 30.3 Å². The molecule has 418 valence electrons. The van der Waals surface area contributed by atoms with E-state index in [4.69, 9.17) is 19.7 Å². The summed E-state index contributed by atoms with van der Waals surface area (Å²) in [6.07, 6.45) is 5.52. The topological polar surface area (TPSA) is 228 Å². The van der Waals surface area contributed by atoms with Gasteiger partial charge in [0.25, 0.3) is 5.88 Å². The van der Waals surface area contributed by atoms with Gasteiger partial charge in [0.2, 0.25) is 17.7 Å². The molecule has 4 aromatic heterocycles. The average Bonchev–Trinajstić information content (AvgIpc) is 4.34. The molecule has 79 heavy (non-hydrogen) atoms. The van der Waals surface area contributed by atoms with Crippen LogP contribution in [0.5, 0.6) is 17.5 Å². The first-order valence-corrected chi connectivity index (χ1v) is 28.9. The standard InChI is InChI=1S/C58H73N13O7S/c1-37(2)54(58(75)70-34-44(72)29-49(70)57(74)62-47(35-68-18-6-7-19-68)39-10-12-40(13-11-39)55-38(3)61-36-79-55)51-31-53(65-78-51)77-27-25-67-22-20-66(21-23-67)24-26-76-52-28-41(16-17-60-52)71-42-14-15-43(71)33-69(32-42)48-30-46(63-64-56(48)59)45-8-4-5-9-50(45)73/h4-5,8-13,16-17,28,30-31,36-37,42-44,47,49,54,72-73H,6-7,14-15,18-27,29,32-35H2,1-3H3,(H2,59,64)(H,62,74)/t42?,43?,44-,47+,49+,54-/m1/s1. The Bertz CT molecular complexity index is 3020. The summed E-state index contributed by atoms with van der Waals surface area (Å²) in [6.45, 7) is 16.1. The van der Waals surface area contributed by atoms with E-state index < -0.39 is 18.1 Å². The second kappa shape index (κ2) is 24.2. The zero-order valence-electron chi connectivity index (χ0n) is 45.4. The molecule has 5 fully saturated rings. The van der Waals surface area contributed by atoms with Gasteiger partial charge in [-0.25, -0.2) is 9.97 Å². The fourth-order valence-electron chi connectivity index (χ4n) is 12.3. The van der Waals surface area contributed by atoms with Crippen molar-refractivity contribution in [2.45, 2.75) is 89.1 Å². The molecule has 2 unspecified atom stereocenters. The van der Waals surface area contributed by atoms with Crippen molar-refractivity contribution >= 4 is 40.3 Å². The maximum atomic E-state index is 14.5. The number of anilines is 3. The van der Waals surface area contributed by atoms with E-state index in [-0.39, 0.29) is 54.6 Å². The van der Waals surface area contributed by atoms with Crippen LogP contribution in [0.1, 0.15) is 74.9 Å². The molecule has 6 aromatic rings. The molecule has 0 radical (unpaired) electrons.